The van der Waals surface area contributed by atoms with Crippen LogP contribution in [0.3, 0.4) is 0 Å². The molecule has 1 aliphatic rings. The van der Waals surface area contributed by atoms with Crippen molar-refractivity contribution in [3.8, 4) is 33.4 Å². The van der Waals surface area contributed by atoms with Crippen LogP contribution in [-0.4, -0.2) is 0 Å². The molecule has 1 aliphatic carbocycles. The van der Waals surface area contributed by atoms with Crippen LogP contribution in [0.2, 0.25) is 0 Å². The van der Waals surface area contributed by atoms with Crippen LogP contribution in [0.5, 0.6) is 0 Å². The van der Waals surface area contributed by atoms with Crippen molar-refractivity contribution in [3.63, 3.8) is 0 Å². The molecule has 0 aliphatic heterocycles. The van der Waals surface area contributed by atoms with Gasteiger partial charge in [-0.05, 0) is 83.2 Å². The Kier molecular flexibility index (Phi) is 29.9. The second-order valence-electron chi connectivity index (χ2n) is 13.1. The molecule has 336 valence electrons. The molecule has 9 aromatic rings. The highest BCUT2D eigenvalue weighted by Crippen LogP contribution is 2.43. The summed E-state index contributed by atoms with van der Waals surface area (Å²) in [6.07, 6.45) is 2.35. The lowest BCUT2D eigenvalue weighted by atomic mass is 9.86. The summed E-state index contributed by atoms with van der Waals surface area (Å²) in [5.74, 6) is 0. The van der Waals surface area contributed by atoms with Gasteiger partial charge in [-0.3, -0.25) is 0 Å². The molecule has 0 fully saturated rings. The molecule has 0 saturated carbocycles. The van der Waals surface area contributed by atoms with E-state index < -0.39 is 0 Å². The first-order chi connectivity index (χ1) is 31.8. The van der Waals surface area contributed by atoms with E-state index in [-0.39, 0.29) is 0 Å². The molecule has 0 bridgehead atoms. The first-order valence-corrected chi connectivity index (χ1v) is 24.4. The molecule has 0 heterocycles. The van der Waals surface area contributed by atoms with Crippen molar-refractivity contribution >= 4 is 32.3 Å². The van der Waals surface area contributed by atoms with Crippen molar-refractivity contribution in [2.45, 2.75) is 110 Å². The van der Waals surface area contributed by atoms with Gasteiger partial charge in [-0.25, -0.2) is 0 Å². The largest absolute Gasteiger partial charge is 0.0683 e. The van der Waals surface area contributed by atoms with Gasteiger partial charge in [0, 0.05) is 0 Å². The second kappa shape index (κ2) is 34.3. The Bertz CT molecular complexity index is 2260. The molecule has 10 rings (SSSR count). The fourth-order valence-corrected chi connectivity index (χ4v) is 7.17. The average Bonchev–Trinajstić information content (AvgIpc) is 3.79. The molecule has 0 unspecified atom stereocenters. The zero-order chi connectivity index (χ0) is 47.5. The zero-order valence-corrected chi connectivity index (χ0v) is 42.0. The zero-order valence-electron chi connectivity index (χ0n) is 42.0. The van der Waals surface area contributed by atoms with Gasteiger partial charge in [0.25, 0.3) is 0 Å². The molecule has 0 atom stereocenters. The van der Waals surface area contributed by atoms with Gasteiger partial charge in [0.1, 0.15) is 0 Å². The summed E-state index contributed by atoms with van der Waals surface area (Å²) in [4.78, 5) is 0. The quantitative estimate of drug-likeness (QED) is 0.152. The lowest BCUT2D eigenvalue weighted by Gasteiger charge is -2.17. The van der Waals surface area contributed by atoms with Crippen LogP contribution in [0.25, 0.3) is 65.7 Å². The molecule has 0 N–H and O–H groups in total. The predicted molar refractivity (Wildman–Crippen MR) is 295 cm³/mol. The smallest absolute Gasteiger partial charge is 0.00135 e. The van der Waals surface area contributed by atoms with Crippen LogP contribution in [-0.2, 0) is 6.42 Å². The van der Waals surface area contributed by atoms with Crippen molar-refractivity contribution in [3.05, 3.63) is 217 Å². The molecule has 0 saturated heterocycles. The summed E-state index contributed by atoms with van der Waals surface area (Å²) in [6, 6.07) is 73.0. The van der Waals surface area contributed by atoms with E-state index in [2.05, 4.69) is 220 Å². The third kappa shape index (κ3) is 15.5. The van der Waals surface area contributed by atoms with E-state index in [1.165, 1.54) is 83.2 Å². The summed E-state index contributed by atoms with van der Waals surface area (Å²) < 4.78 is 0. The Morgan fingerprint density at radius 1 is 0.266 bits per heavy atom. The first-order valence-electron chi connectivity index (χ1n) is 24.4. The number of hydrogen-bond acceptors (Lipinski definition) is 0. The predicted octanol–water partition coefficient (Wildman–Crippen LogP) is 21.0. The molecule has 0 heteroatoms. The first kappa shape index (κ1) is 55.8. The van der Waals surface area contributed by atoms with Gasteiger partial charge in [0.05, 0.1) is 0 Å². The average molecular weight is 849 g/mol. The minimum absolute atomic E-state index is 1.10. The highest BCUT2D eigenvalue weighted by molar-refractivity contribution is 6.21. The van der Waals surface area contributed by atoms with Crippen LogP contribution < -0.4 is 0 Å². The van der Waals surface area contributed by atoms with E-state index in [9.17, 15) is 0 Å². The summed E-state index contributed by atoms with van der Waals surface area (Å²) in [6.45, 7) is 28.2. The lowest BCUT2D eigenvalue weighted by molar-refractivity contribution is 1.09. The van der Waals surface area contributed by atoms with E-state index >= 15 is 0 Å². The van der Waals surface area contributed by atoms with Gasteiger partial charge in [-0.1, -0.05) is 310 Å². The highest BCUT2D eigenvalue weighted by atomic mass is 14.2. The maximum absolute atomic E-state index is 2.25. The summed E-state index contributed by atoms with van der Waals surface area (Å²) >= 11 is 0. The molecule has 0 amide bonds. The van der Waals surface area contributed by atoms with Crippen LogP contribution >= 0.6 is 0 Å². The third-order valence-electron chi connectivity index (χ3n) is 9.42. The van der Waals surface area contributed by atoms with Crippen molar-refractivity contribution in [2.75, 3.05) is 0 Å². The summed E-state index contributed by atoms with van der Waals surface area (Å²) in [7, 11) is 0. The Morgan fingerprint density at radius 3 is 0.766 bits per heavy atom. The Hall–Kier alpha value is -6.24. The maximum Gasteiger partial charge on any atom is -0.00135 e. The van der Waals surface area contributed by atoms with Crippen molar-refractivity contribution in [1.29, 1.82) is 0 Å². The fraction of sp³-hybridized carbons (Fsp3) is 0.250. The number of fused-ring (bicyclic) bond motifs is 6. The molecule has 64 heavy (non-hydrogen) atoms. The number of rotatable bonds is 2. The molecule has 0 spiro atoms. The Morgan fingerprint density at radius 2 is 0.484 bits per heavy atom. The van der Waals surface area contributed by atoms with Crippen molar-refractivity contribution in [1.82, 2.24) is 0 Å². The van der Waals surface area contributed by atoms with Crippen LogP contribution in [0.15, 0.2) is 206 Å². The monoisotopic (exact) mass is 849 g/mol. The second-order valence-corrected chi connectivity index (χ2v) is 13.1. The van der Waals surface area contributed by atoms with Crippen molar-refractivity contribution in [2.24, 2.45) is 0 Å². The molecule has 0 radical (unpaired) electrons. The molecule has 0 nitrogen and oxygen atoms in total. The van der Waals surface area contributed by atoms with E-state index in [0.29, 0.717) is 0 Å². The molecular formula is C64H80. The van der Waals surface area contributed by atoms with Gasteiger partial charge >= 0.3 is 0 Å². The van der Waals surface area contributed by atoms with Gasteiger partial charge < -0.3 is 0 Å². The van der Waals surface area contributed by atoms with Gasteiger partial charge in [0.2, 0.25) is 0 Å². The van der Waals surface area contributed by atoms with Crippen molar-refractivity contribution < 1.29 is 0 Å². The molecular weight excluding hydrogens is 769 g/mol. The third-order valence-corrected chi connectivity index (χ3v) is 9.42. The van der Waals surface area contributed by atoms with Gasteiger partial charge in [-0.15, -0.1) is 0 Å². The Labute approximate surface area is 391 Å². The minimum Gasteiger partial charge on any atom is -0.0683 e. The number of benzene rings is 9. The fourth-order valence-electron chi connectivity index (χ4n) is 7.17. The normalized spacial score (nSPS) is 9.41. The van der Waals surface area contributed by atoms with Crippen LogP contribution in [0, 0.1) is 0 Å². The van der Waals surface area contributed by atoms with Crippen LogP contribution in [0.4, 0.5) is 0 Å². The highest BCUT2D eigenvalue weighted by Gasteiger charge is 2.17. The van der Waals surface area contributed by atoms with E-state index in [0.717, 1.165) is 6.42 Å². The summed E-state index contributed by atoms with van der Waals surface area (Å²) in [5.41, 5.74) is 10.9. The molecule has 9 aromatic carbocycles. The number of hydrogen-bond donors (Lipinski definition) is 0. The standard InChI is InChI=1S/C26H18.C13H10.C10H8.C3H8.6C2H6/c1-3-11-19(12-4-1)25-21-15-7-9-17-23(21)26(20-13-5-2-6-14-20)24-18-10-8-16-22(24)25;1-3-7-12-10(5-1)9-11-6-2-4-8-13(11)12;1-2-6-10-8-4-3-7-9(10)5-1;1-3-2;6*1-2/h1-18H;1-8H,9H2;1-8H;3H2,1-2H3;6*1-2H3. The van der Waals surface area contributed by atoms with E-state index in [1.807, 2.05) is 83.1 Å². The van der Waals surface area contributed by atoms with Crippen LogP contribution in [0.1, 0.15) is 114 Å². The van der Waals surface area contributed by atoms with E-state index in [4.69, 9.17) is 0 Å². The summed E-state index contributed by atoms with van der Waals surface area (Å²) in [5, 5.41) is 7.83. The van der Waals surface area contributed by atoms with Gasteiger partial charge in [0.15, 0.2) is 0 Å². The maximum atomic E-state index is 2.25. The SMILES string of the molecule is CC.CC.CC.CC.CC.CC.CCC.c1ccc(-c2c3ccccc3c(-c3ccccc3)c3ccccc23)cc1.c1ccc2c(c1)Cc1ccccc1-2.c1ccc2ccccc2c1. The van der Waals surface area contributed by atoms with Gasteiger partial charge in [-0.2, -0.15) is 0 Å². The topological polar surface area (TPSA) is 0 Å². The Balaban J connectivity index is 0.000000453. The minimum atomic E-state index is 1.10. The van der Waals surface area contributed by atoms with E-state index in [1.54, 1.807) is 0 Å². The lowest BCUT2D eigenvalue weighted by Crippen LogP contribution is -1.90. The molecule has 0 aromatic heterocycles.